The third-order valence-corrected chi connectivity index (χ3v) is 3.33. The lowest BCUT2D eigenvalue weighted by atomic mass is 10.1. The van der Waals surface area contributed by atoms with E-state index in [2.05, 4.69) is 10.1 Å². The number of carbonyl (C=O) groups is 3. The van der Waals surface area contributed by atoms with E-state index in [0.29, 0.717) is 18.8 Å². The van der Waals surface area contributed by atoms with Crippen molar-refractivity contribution in [2.24, 2.45) is 5.73 Å². The summed E-state index contributed by atoms with van der Waals surface area (Å²) in [7, 11) is 0. The zero-order valence-electron chi connectivity index (χ0n) is 12.8. The van der Waals surface area contributed by atoms with Crippen LogP contribution in [0.4, 0.5) is 16.2 Å². The molecule has 1 aliphatic heterocycles. The molecule has 23 heavy (non-hydrogen) atoms. The molecule has 0 saturated carbocycles. The molecule has 1 aromatic carbocycles. The molecule has 2 rings (SSSR count). The molecule has 0 spiro atoms. The van der Waals surface area contributed by atoms with Crippen LogP contribution >= 0.6 is 0 Å². The van der Waals surface area contributed by atoms with Gasteiger partial charge in [-0.1, -0.05) is 0 Å². The maximum Gasteiger partial charge on any atom is 0.404 e. The van der Waals surface area contributed by atoms with Crippen LogP contribution in [-0.2, 0) is 19.1 Å². The smallest absolute Gasteiger partial charge is 0.404 e. The maximum atomic E-state index is 11.9. The van der Waals surface area contributed by atoms with E-state index in [4.69, 9.17) is 10.5 Å². The third-order valence-electron chi connectivity index (χ3n) is 3.33. The van der Waals surface area contributed by atoms with Crippen LogP contribution in [0.3, 0.4) is 0 Å². The summed E-state index contributed by atoms with van der Waals surface area (Å²) in [4.78, 5) is 35.7. The van der Waals surface area contributed by atoms with Gasteiger partial charge in [0.15, 0.2) is 0 Å². The summed E-state index contributed by atoms with van der Waals surface area (Å²) in [5, 5.41) is 2.70. The molecule has 124 valence electrons. The van der Waals surface area contributed by atoms with Crippen LogP contribution in [-0.4, -0.2) is 44.3 Å². The molecule has 3 N–H and O–H groups in total. The van der Waals surface area contributed by atoms with E-state index in [-0.39, 0.29) is 31.4 Å². The first kappa shape index (κ1) is 16.8. The summed E-state index contributed by atoms with van der Waals surface area (Å²) < 4.78 is 9.62. The Morgan fingerprint density at radius 1 is 1.43 bits per heavy atom. The van der Waals surface area contributed by atoms with Crippen molar-refractivity contribution in [1.82, 2.24) is 0 Å². The van der Waals surface area contributed by atoms with E-state index in [1.165, 1.54) is 0 Å². The second-order valence-corrected chi connectivity index (χ2v) is 5.06. The van der Waals surface area contributed by atoms with Crippen molar-refractivity contribution in [2.75, 3.05) is 36.6 Å². The van der Waals surface area contributed by atoms with E-state index >= 15 is 0 Å². The highest BCUT2D eigenvalue weighted by molar-refractivity contribution is 5.96. The fraction of sp³-hybridized carbons (Fsp3) is 0.400. The van der Waals surface area contributed by atoms with Gasteiger partial charge in [-0.25, -0.2) is 4.79 Å². The Morgan fingerprint density at radius 2 is 2.22 bits per heavy atom. The van der Waals surface area contributed by atoms with Crippen molar-refractivity contribution < 1.29 is 23.9 Å². The number of nitrogens with one attached hydrogen (secondary N) is 1. The highest BCUT2D eigenvalue weighted by Crippen LogP contribution is 2.25. The van der Waals surface area contributed by atoms with Gasteiger partial charge in [0.1, 0.15) is 13.2 Å². The number of carbonyl (C=O) groups excluding carboxylic acids is 3. The predicted octanol–water partition coefficient (Wildman–Crippen LogP) is 0.782. The quantitative estimate of drug-likeness (QED) is 0.832. The summed E-state index contributed by atoms with van der Waals surface area (Å²) in [5.41, 5.74) is 7.09. The van der Waals surface area contributed by atoms with Gasteiger partial charge in [0.05, 0.1) is 13.0 Å². The monoisotopic (exact) mass is 321 g/mol. The number of ether oxygens (including phenoxy) is 2. The zero-order chi connectivity index (χ0) is 16.8. The summed E-state index contributed by atoms with van der Waals surface area (Å²) in [6.45, 7) is 2.89. The molecule has 0 bridgehead atoms. The SMILES string of the molecule is Cc1cc(NC(=O)CCOC(N)=O)ccc1N1CCOCC1=O. The highest BCUT2D eigenvalue weighted by Gasteiger charge is 2.21. The lowest BCUT2D eigenvalue weighted by molar-refractivity contribution is -0.125. The fourth-order valence-corrected chi connectivity index (χ4v) is 2.28. The Bertz CT molecular complexity index is 617. The van der Waals surface area contributed by atoms with Gasteiger partial charge < -0.3 is 25.4 Å². The molecule has 0 aromatic heterocycles. The number of nitrogens with zero attached hydrogens (tertiary/aromatic N) is 1. The van der Waals surface area contributed by atoms with Crippen molar-refractivity contribution in [3.8, 4) is 0 Å². The first-order valence-corrected chi connectivity index (χ1v) is 7.18. The number of hydrogen-bond donors (Lipinski definition) is 2. The zero-order valence-corrected chi connectivity index (χ0v) is 12.8. The standard InChI is InChI=1S/C15H19N3O5/c1-10-8-11(17-13(19)4-6-23-15(16)21)2-3-12(10)18-5-7-22-9-14(18)20/h2-3,8H,4-7,9H2,1H3,(H2,16,21)(H,17,19). The minimum Gasteiger partial charge on any atom is -0.449 e. The van der Waals surface area contributed by atoms with Crippen molar-refractivity contribution in [2.45, 2.75) is 13.3 Å². The molecule has 0 atom stereocenters. The number of benzene rings is 1. The number of hydrogen-bond acceptors (Lipinski definition) is 5. The largest absolute Gasteiger partial charge is 0.449 e. The number of aryl methyl sites for hydroxylation is 1. The molecule has 0 radical (unpaired) electrons. The van der Waals surface area contributed by atoms with Gasteiger partial charge in [0, 0.05) is 17.9 Å². The van der Waals surface area contributed by atoms with Gasteiger partial charge in [0.2, 0.25) is 5.91 Å². The molecule has 3 amide bonds. The van der Waals surface area contributed by atoms with Gasteiger partial charge in [-0.15, -0.1) is 0 Å². The minimum absolute atomic E-state index is 0.0195. The lowest BCUT2D eigenvalue weighted by Gasteiger charge is -2.28. The molecular weight excluding hydrogens is 302 g/mol. The van der Waals surface area contributed by atoms with E-state index in [9.17, 15) is 14.4 Å². The average molecular weight is 321 g/mol. The molecule has 1 heterocycles. The van der Waals surface area contributed by atoms with Gasteiger partial charge >= 0.3 is 6.09 Å². The summed E-state index contributed by atoms with van der Waals surface area (Å²) in [6, 6.07) is 5.29. The number of morpholine rings is 1. The van der Waals surface area contributed by atoms with Crippen molar-refractivity contribution in [3.05, 3.63) is 23.8 Å². The van der Waals surface area contributed by atoms with Crippen LogP contribution in [0.25, 0.3) is 0 Å². The predicted molar refractivity (Wildman–Crippen MR) is 83.1 cm³/mol. The lowest BCUT2D eigenvalue weighted by Crippen LogP contribution is -2.42. The van der Waals surface area contributed by atoms with Crippen LogP contribution in [0.15, 0.2) is 18.2 Å². The second-order valence-electron chi connectivity index (χ2n) is 5.06. The first-order chi connectivity index (χ1) is 11.0. The van der Waals surface area contributed by atoms with Crippen LogP contribution in [0.2, 0.25) is 0 Å². The normalized spacial score (nSPS) is 14.5. The van der Waals surface area contributed by atoms with E-state index < -0.39 is 6.09 Å². The first-order valence-electron chi connectivity index (χ1n) is 7.18. The molecule has 1 aliphatic rings. The Balaban J connectivity index is 1.97. The fourth-order valence-electron chi connectivity index (χ4n) is 2.28. The molecule has 0 unspecified atom stereocenters. The minimum atomic E-state index is -0.909. The molecular formula is C15H19N3O5. The second kappa shape index (κ2) is 7.59. The van der Waals surface area contributed by atoms with Crippen molar-refractivity contribution in [3.63, 3.8) is 0 Å². The molecule has 8 heteroatoms. The van der Waals surface area contributed by atoms with Crippen LogP contribution in [0.5, 0.6) is 0 Å². The van der Waals surface area contributed by atoms with E-state index in [1.54, 1.807) is 23.1 Å². The Hall–Kier alpha value is -2.61. The summed E-state index contributed by atoms with van der Waals surface area (Å²) >= 11 is 0. The summed E-state index contributed by atoms with van der Waals surface area (Å²) in [6.07, 6.45) is -0.890. The number of primary amides is 1. The van der Waals surface area contributed by atoms with Gasteiger partial charge in [0.25, 0.3) is 5.91 Å². The maximum absolute atomic E-state index is 11.9. The van der Waals surface area contributed by atoms with Gasteiger partial charge in [-0.2, -0.15) is 0 Å². The van der Waals surface area contributed by atoms with Crippen LogP contribution in [0, 0.1) is 6.92 Å². The number of anilines is 2. The Labute approximate surface area is 133 Å². The number of nitrogens with two attached hydrogens (primary N) is 1. The van der Waals surface area contributed by atoms with Crippen molar-refractivity contribution in [1.29, 1.82) is 0 Å². The molecule has 8 nitrogen and oxygen atoms in total. The topological polar surface area (TPSA) is 111 Å². The molecule has 1 aromatic rings. The molecule has 1 saturated heterocycles. The molecule has 1 fully saturated rings. The van der Waals surface area contributed by atoms with Crippen LogP contribution < -0.4 is 16.0 Å². The number of rotatable bonds is 5. The highest BCUT2D eigenvalue weighted by atomic mass is 16.5. The molecule has 0 aliphatic carbocycles. The van der Waals surface area contributed by atoms with E-state index in [0.717, 1.165) is 11.3 Å². The van der Waals surface area contributed by atoms with Crippen LogP contribution in [0.1, 0.15) is 12.0 Å². The Kier molecular flexibility index (Phi) is 5.53. The third kappa shape index (κ3) is 4.68. The Morgan fingerprint density at radius 3 is 2.87 bits per heavy atom. The van der Waals surface area contributed by atoms with Crippen molar-refractivity contribution >= 4 is 29.3 Å². The van der Waals surface area contributed by atoms with Gasteiger partial charge in [-0.3, -0.25) is 9.59 Å². The van der Waals surface area contributed by atoms with E-state index in [1.807, 2.05) is 6.92 Å². The number of amides is 3. The summed E-state index contributed by atoms with van der Waals surface area (Å²) in [5.74, 6) is -0.374. The average Bonchev–Trinajstić information content (AvgIpc) is 2.48. The van der Waals surface area contributed by atoms with Gasteiger partial charge in [-0.05, 0) is 30.7 Å².